The van der Waals surface area contributed by atoms with E-state index in [0.29, 0.717) is 17.1 Å². The first-order chi connectivity index (χ1) is 14.5. The molecular weight excluding hydrogens is 388 g/mol. The first-order valence-corrected chi connectivity index (χ1v) is 10.2. The predicted molar refractivity (Wildman–Crippen MR) is 111 cm³/mol. The number of anilines is 1. The number of nitrogens with zero attached hydrogens (tertiary/aromatic N) is 4. The highest BCUT2D eigenvalue weighted by Gasteiger charge is 2.49. The number of piperidine rings is 2. The minimum atomic E-state index is -1.32. The average Bonchev–Trinajstić information content (AvgIpc) is 2.78. The van der Waals surface area contributed by atoms with Crippen LogP contribution in [0.3, 0.4) is 0 Å². The average molecular weight is 411 g/mol. The van der Waals surface area contributed by atoms with Crippen LogP contribution in [0.15, 0.2) is 42.7 Å². The fraction of sp³-hybridized carbons (Fsp3) is 0.409. The van der Waals surface area contributed by atoms with Crippen molar-refractivity contribution in [3.63, 3.8) is 0 Å². The van der Waals surface area contributed by atoms with Gasteiger partial charge in [-0.25, -0.2) is 8.78 Å². The molecule has 0 saturated carbocycles. The van der Waals surface area contributed by atoms with E-state index >= 15 is 8.78 Å². The third-order valence-corrected chi connectivity index (χ3v) is 6.37. The molecule has 1 unspecified atom stereocenters. The third-order valence-electron chi connectivity index (χ3n) is 6.37. The van der Waals surface area contributed by atoms with Gasteiger partial charge in [-0.05, 0) is 48.6 Å². The molecule has 8 heteroatoms. The normalized spacial score (nSPS) is 28.4. The van der Waals surface area contributed by atoms with Crippen molar-refractivity contribution in [2.45, 2.75) is 49.7 Å². The van der Waals surface area contributed by atoms with Gasteiger partial charge in [-0.3, -0.25) is 4.98 Å². The minimum absolute atomic E-state index is 0.0860. The van der Waals surface area contributed by atoms with E-state index in [4.69, 9.17) is 0 Å². The Bertz CT molecular complexity index is 1050. The number of phenols is 1. The van der Waals surface area contributed by atoms with Crippen molar-refractivity contribution >= 4 is 16.6 Å². The van der Waals surface area contributed by atoms with Crippen LogP contribution in [0.25, 0.3) is 22.0 Å². The number of rotatable bonds is 3. The zero-order valence-corrected chi connectivity index (χ0v) is 16.5. The van der Waals surface area contributed by atoms with Crippen LogP contribution in [0, 0.1) is 0 Å². The van der Waals surface area contributed by atoms with Crippen molar-refractivity contribution in [1.29, 1.82) is 0 Å². The van der Waals surface area contributed by atoms with Crippen molar-refractivity contribution in [3.05, 3.63) is 42.7 Å². The highest BCUT2D eigenvalue weighted by molar-refractivity contribution is 5.89. The Hall–Kier alpha value is -2.87. The maximum Gasteiger partial charge on any atom is 0.151 e. The molecule has 2 bridgehead atoms. The van der Waals surface area contributed by atoms with Crippen LogP contribution in [-0.2, 0) is 0 Å². The summed E-state index contributed by atoms with van der Waals surface area (Å²) in [6, 6.07) is 7.12. The second kappa shape index (κ2) is 7.43. The lowest BCUT2D eigenvalue weighted by molar-refractivity contribution is 0.0367. The molecule has 5 rings (SSSR count). The molecule has 6 nitrogen and oxygen atoms in total. The van der Waals surface area contributed by atoms with E-state index in [1.54, 1.807) is 48.6 Å². The van der Waals surface area contributed by atoms with E-state index in [9.17, 15) is 5.11 Å². The number of pyridine rings is 1. The number of fused-ring (bicyclic) bond motifs is 3. The van der Waals surface area contributed by atoms with E-state index in [0.717, 1.165) is 30.0 Å². The summed E-state index contributed by atoms with van der Waals surface area (Å²) in [5.74, 6) is 0.485. The first-order valence-electron chi connectivity index (χ1n) is 10.2. The molecule has 0 spiro atoms. The molecule has 2 aromatic heterocycles. The lowest BCUT2D eigenvalue weighted by atomic mass is 9.81. The second-order valence-electron chi connectivity index (χ2n) is 8.17. The van der Waals surface area contributed by atoms with E-state index < -0.39 is 18.4 Å². The summed E-state index contributed by atoms with van der Waals surface area (Å²) < 4.78 is 30.0. The number of hydrogen-bond donors (Lipinski definition) is 2. The zero-order valence-electron chi connectivity index (χ0n) is 16.5. The van der Waals surface area contributed by atoms with Crippen molar-refractivity contribution in [2.75, 3.05) is 11.9 Å². The molecule has 2 fully saturated rings. The summed E-state index contributed by atoms with van der Waals surface area (Å²) in [6.45, 7) is 0. The van der Waals surface area contributed by atoms with Crippen LogP contribution in [-0.4, -0.2) is 57.8 Å². The zero-order chi connectivity index (χ0) is 20.8. The molecule has 4 heterocycles. The molecule has 2 N–H and O–H groups in total. The Labute approximate surface area is 173 Å². The molecule has 156 valence electrons. The number of phenolic OH excluding ortho intramolecular Hbond substituents is 1. The monoisotopic (exact) mass is 411 g/mol. The summed E-state index contributed by atoms with van der Waals surface area (Å²) in [6.07, 6.45) is 3.02. The Balaban J connectivity index is 1.43. The Morgan fingerprint density at radius 3 is 2.50 bits per heavy atom. The van der Waals surface area contributed by atoms with Crippen molar-refractivity contribution < 1.29 is 13.9 Å². The molecular formula is C22H23F2N5O. The maximum absolute atomic E-state index is 15.0. The Kier molecular flexibility index (Phi) is 4.73. The standard InChI is InChI=1S/C22H23F2N5O/c1-29(22-20(23)16-3-2-4-17(26-16)21(22)24)19-6-5-15(27-28-19)14-9-13-11-25-8-7-12(13)10-18(14)30/h5-11,16-17,20-22,26,30H,2-4H2,1H3/t16-,17-,20-,21+,22?/m1/s1. The highest BCUT2D eigenvalue weighted by atomic mass is 19.1. The number of alkyl halides is 2. The number of aromatic nitrogens is 3. The molecule has 5 atom stereocenters. The van der Waals surface area contributed by atoms with Gasteiger partial charge in [0.15, 0.2) is 5.82 Å². The van der Waals surface area contributed by atoms with Gasteiger partial charge in [0.1, 0.15) is 18.1 Å². The number of aromatic hydroxyl groups is 1. The first kappa shape index (κ1) is 19.1. The van der Waals surface area contributed by atoms with Gasteiger partial charge >= 0.3 is 0 Å². The van der Waals surface area contributed by atoms with Crippen LogP contribution in [0.2, 0.25) is 0 Å². The van der Waals surface area contributed by atoms with Gasteiger partial charge in [-0.1, -0.05) is 6.42 Å². The van der Waals surface area contributed by atoms with Gasteiger partial charge in [0.25, 0.3) is 0 Å². The van der Waals surface area contributed by atoms with Crippen LogP contribution < -0.4 is 10.2 Å². The summed E-state index contributed by atoms with van der Waals surface area (Å²) in [4.78, 5) is 5.66. The van der Waals surface area contributed by atoms with Gasteiger partial charge in [0.2, 0.25) is 0 Å². The highest BCUT2D eigenvalue weighted by Crippen LogP contribution is 2.35. The maximum atomic E-state index is 15.0. The smallest absolute Gasteiger partial charge is 0.151 e. The molecule has 30 heavy (non-hydrogen) atoms. The molecule has 0 radical (unpaired) electrons. The fourth-order valence-electron chi connectivity index (χ4n) is 4.72. The SMILES string of the molecule is CN(c1ccc(-c2cc3cnccc3cc2O)nn1)C1[C@@H](F)[C@H]2CCC[C@@H](N2)[C@H]1F. The second-order valence-corrected chi connectivity index (χ2v) is 8.17. The lowest BCUT2D eigenvalue weighted by Gasteiger charge is -2.47. The van der Waals surface area contributed by atoms with Gasteiger partial charge in [0.05, 0.1) is 11.7 Å². The van der Waals surface area contributed by atoms with E-state index in [1.165, 1.54) is 0 Å². The van der Waals surface area contributed by atoms with Crippen LogP contribution in [0.1, 0.15) is 19.3 Å². The number of nitrogens with one attached hydrogen (secondary N) is 1. The van der Waals surface area contributed by atoms with Crippen LogP contribution >= 0.6 is 0 Å². The Morgan fingerprint density at radius 2 is 1.80 bits per heavy atom. The van der Waals surface area contributed by atoms with Crippen molar-refractivity contribution in [3.8, 4) is 17.0 Å². The van der Waals surface area contributed by atoms with Crippen molar-refractivity contribution in [1.82, 2.24) is 20.5 Å². The predicted octanol–water partition coefficient (Wildman–Crippen LogP) is 3.40. The summed E-state index contributed by atoms with van der Waals surface area (Å²) >= 11 is 0. The van der Waals surface area contributed by atoms with E-state index in [1.807, 2.05) is 6.07 Å². The molecule has 0 amide bonds. The topological polar surface area (TPSA) is 74.2 Å². The fourth-order valence-corrected chi connectivity index (χ4v) is 4.72. The number of benzene rings is 1. The number of hydrogen-bond acceptors (Lipinski definition) is 6. The van der Waals surface area contributed by atoms with Gasteiger partial charge < -0.3 is 15.3 Å². The van der Waals surface area contributed by atoms with Crippen molar-refractivity contribution in [2.24, 2.45) is 0 Å². The van der Waals surface area contributed by atoms with Crippen LogP contribution in [0.4, 0.5) is 14.6 Å². The molecule has 2 saturated heterocycles. The number of halogens is 2. The molecule has 0 aliphatic carbocycles. The summed E-state index contributed by atoms with van der Waals surface area (Å²) in [5.41, 5.74) is 1.01. The third kappa shape index (κ3) is 3.15. The Morgan fingerprint density at radius 1 is 1.03 bits per heavy atom. The molecule has 1 aromatic carbocycles. The van der Waals surface area contributed by atoms with E-state index in [-0.39, 0.29) is 17.8 Å². The van der Waals surface area contributed by atoms with E-state index in [2.05, 4.69) is 20.5 Å². The quantitative estimate of drug-likeness (QED) is 0.688. The lowest BCUT2D eigenvalue weighted by Crippen LogP contribution is -2.67. The van der Waals surface area contributed by atoms with Gasteiger partial charge in [-0.2, -0.15) is 0 Å². The van der Waals surface area contributed by atoms with Crippen LogP contribution in [0.5, 0.6) is 5.75 Å². The summed E-state index contributed by atoms with van der Waals surface area (Å²) in [7, 11) is 1.66. The minimum Gasteiger partial charge on any atom is -0.507 e. The largest absolute Gasteiger partial charge is 0.507 e. The van der Waals surface area contributed by atoms with Gasteiger partial charge in [-0.15, -0.1) is 10.2 Å². The molecule has 2 aliphatic rings. The van der Waals surface area contributed by atoms with Gasteiger partial charge in [0, 0.05) is 42.5 Å². The molecule has 3 aromatic rings. The molecule has 2 aliphatic heterocycles. The summed E-state index contributed by atoms with van der Waals surface area (Å²) in [5, 5.41) is 23.7.